The molecule has 0 bridgehead atoms. The van der Waals surface area contributed by atoms with Crippen LogP contribution in [0.15, 0.2) is 49.1 Å². The molecule has 7 heteroatoms. The number of hydrogen-bond donors (Lipinski definition) is 1. The molecular weight excluding hydrogens is 284 g/mol. The Hall–Kier alpha value is -2.96. The molecule has 1 unspecified atom stereocenters. The van der Waals surface area contributed by atoms with E-state index in [1.54, 1.807) is 30.7 Å². The predicted molar refractivity (Wildman–Crippen MR) is 82.0 cm³/mol. The number of amides is 1. The van der Waals surface area contributed by atoms with Crippen LogP contribution in [-0.4, -0.2) is 26.4 Å². The van der Waals surface area contributed by atoms with E-state index in [0.29, 0.717) is 12.1 Å². The second-order valence-corrected chi connectivity index (χ2v) is 4.82. The van der Waals surface area contributed by atoms with Gasteiger partial charge in [-0.1, -0.05) is 12.1 Å². The molecule has 1 aromatic carbocycles. The summed E-state index contributed by atoms with van der Waals surface area (Å²) < 4.78 is 1.86. The first-order valence-corrected chi connectivity index (χ1v) is 6.74. The number of imidazole rings is 1. The average Bonchev–Trinajstić information content (AvgIpc) is 2.98. The lowest BCUT2D eigenvalue weighted by molar-refractivity contribution is -0.385. The van der Waals surface area contributed by atoms with E-state index in [0.717, 1.165) is 0 Å². The van der Waals surface area contributed by atoms with Crippen molar-refractivity contribution in [2.75, 3.05) is 0 Å². The van der Waals surface area contributed by atoms with Gasteiger partial charge in [0.25, 0.3) is 5.69 Å². The fourth-order valence-corrected chi connectivity index (χ4v) is 2.01. The topological polar surface area (TPSA) is 90.1 Å². The molecule has 0 saturated heterocycles. The first-order chi connectivity index (χ1) is 10.6. The van der Waals surface area contributed by atoms with Gasteiger partial charge in [0.1, 0.15) is 0 Å². The van der Waals surface area contributed by atoms with E-state index >= 15 is 0 Å². The van der Waals surface area contributed by atoms with E-state index in [1.807, 2.05) is 17.7 Å². The molecule has 0 aliphatic carbocycles. The first-order valence-electron chi connectivity index (χ1n) is 6.74. The molecule has 1 aromatic heterocycles. The quantitative estimate of drug-likeness (QED) is 0.502. The van der Waals surface area contributed by atoms with Gasteiger partial charge in [-0.25, -0.2) is 4.98 Å². The Balaban J connectivity index is 1.95. The number of benzene rings is 1. The fraction of sp³-hybridized carbons (Fsp3) is 0.200. The molecule has 7 nitrogen and oxygen atoms in total. The molecule has 22 heavy (non-hydrogen) atoms. The Labute approximate surface area is 127 Å². The van der Waals surface area contributed by atoms with E-state index in [4.69, 9.17) is 0 Å². The maximum Gasteiger partial charge on any atom is 0.276 e. The van der Waals surface area contributed by atoms with Crippen molar-refractivity contribution in [1.82, 2.24) is 14.9 Å². The number of nitrogens with one attached hydrogen (secondary N) is 1. The molecule has 0 aliphatic rings. The van der Waals surface area contributed by atoms with Crippen molar-refractivity contribution < 1.29 is 9.72 Å². The number of rotatable bonds is 6. The summed E-state index contributed by atoms with van der Waals surface area (Å²) >= 11 is 0. The molecule has 2 aromatic rings. The Bertz CT molecular complexity index is 680. The third kappa shape index (κ3) is 4.27. The lowest BCUT2D eigenvalue weighted by atomic mass is 10.1. The Morgan fingerprint density at radius 2 is 2.27 bits per heavy atom. The summed E-state index contributed by atoms with van der Waals surface area (Å²) in [5.74, 6) is -0.300. The summed E-state index contributed by atoms with van der Waals surface area (Å²) in [7, 11) is 0. The Kier molecular flexibility index (Phi) is 5.02. The molecule has 0 fully saturated rings. The molecule has 2 rings (SSSR count). The van der Waals surface area contributed by atoms with E-state index in [1.165, 1.54) is 18.2 Å². The second-order valence-electron chi connectivity index (χ2n) is 4.82. The average molecular weight is 300 g/mol. The lowest BCUT2D eigenvalue weighted by Crippen LogP contribution is -2.34. The van der Waals surface area contributed by atoms with Gasteiger partial charge >= 0.3 is 0 Å². The number of hydrogen-bond acceptors (Lipinski definition) is 4. The van der Waals surface area contributed by atoms with Gasteiger partial charge in [-0.2, -0.15) is 0 Å². The van der Waals surface area contributed by atoms with Gasteiger partial charge in [-0.05, 0) is 19.1 Å². The molecule has 0 aliphatic heterocycles. The largest absolute Gasteiger partial charge is 0.348 e. The van der Waals surface area contributed by atoms with E-state index in [9.17, 15) is 14.9 Å². The zero-order valence-electron chi connectivity index (χ0n) is 12.0. The monoisotopic (exact) mass is 300 g/mol. The van der Waals surface area contributed by atoms with Crippen LogP contribution in [0.3, 0.4) is 0 Å². The molecule has 0 spiro atoms. The summed E-state index contributed by atoms with van der Waals surface area (Å²) in [4.78, 5) is 26.2. The van der Waals surface area contributed by atoms with Crippen molar-refractivity contribution in [3.63, 3.8) is 0 Å². The normalized spacial score (nSPS) is 12.2. The molecule has 1 amide bonds. The highest BCUT2D eigenvalue weighted by Crippen LogP contribution is 2.18. The molecule has 0 radical (unpaired) electrons. The van der Waals surface area contributed by atoms with E-state index in [2.05, 4.69) is 10.3 Å². The number of carbonyl (C=O) groups is 1. The maximum atomic E-state index is 11.8. The van der Waals surface area contributed by atoms with Crippen LogP contribution in [-0.2, 0) is 11.3 Å². The van der Waals surface area contributed by atoms with Crippen molar-refractivity contribution in [3.05, 3.63) is 64.7 Å². The van der Waals surface area contributed by atoms with Gasteiger partial charge in [0, 0.05) is 37.1 Å². The van der Waals surface area contributed by atoms with Gasteiger partial charge < -0.3 is 9.88 Å². The number of aromatic nitrogens is 2. The maximum absolute atomic E-state index is 11.8. The van der Waals surface area contributed by atoms with E-state index in [-0.39, 0.29) is 17.6 Å². The standard InChI is InChI=1S/C15H16N4O3/c1-12(10-18-9-8-16-11-18)17-15(20)7-6-13-4-2-3-5-14(13)19(21)22/h2-9,11-12H,10H2,1H3,(H,17,20). The Morgan fingerprint density at radius 3 is 2.95 bits per heavy atom. The number of carbonyl (C=O) groups excluding carboxylic acids is 1. The van der Waals surface area contributed by atoms with Crippen LogP contribution in [0, 0.1) is 10.1 Å². The van der Waals surface area contributed by atoms with Crippen molar-refractivity contribution in [3.8, 4) is 0 Å². The van der Waals surface area contributed by atoms with Crippen LogP contribution in [0.2, 0.25) is 0 Å². The van der Waals surface area contributed by atoms with Crippen molar-refractivity contribution in [1.29, 1.82) is 0 Å². The van der Waals surface area contributed by atoms with Crippen LogP contribution < -0.4 is 5.32 Å². The SMILES string of the molecule is CC(Cn1ccnc1)NC(=O)C=Cc1ccccc1[N+](=O)[O-]. The highest BCUT2D eigenvalue weighted by atomic mass is 16.6. The van der Waals surface area contributed by atoms with Gasteiger partial charge in [0.05, 0.1) is 16.8 Å². The van der Waals surface area contributed by atoms with Crippen LogP contribution in [0.4, 0.5) is 5.69 Å². The van der Waals surface area contributed by atoms with Crippen LogP contribution >= 0.6 is 0 Å². The molecular formula is C15H16N4O3. The number of nitro groups is 1. The summed E-state index contributed by atoms with van der Waals surface area (Å²) in [5.41, 5.74) is 0.364. The molecule has 1 N–H and O–H groups in total. The third-order valence-corrected chi connectivity index (χ3v) is 2.98. The van der Waals surface area contributed by atoms with Crippen molar-refractivity contribution in [2.45, 2.75) is 19.5 Å². The Morgan fingerprint density at radius 1 is 1.50 bits per heavy atom. The van der Waals surface area contributed by atoms with Gasteiger partial charge in [0.15, 0.2) is 0 Å². The first kappa shape index (κ1) is 15.4. The predicted octanol–water partition coefficient (Wildman–Crippen LogP) is 2.01. The number of para-hydroxylation sites is 1. The third-order valence-electron chi connectivity index (χ3n) is 2.98. The van der Waals surface area contributed by atoms with Gasteiger partial charge in [-0.15, -0.1) is 0 Å². The van der Waals surface area contributed by atoms with Gasteiger partial charge in [-0.3, -0.25) is 14.9 Å². The zero-order chi connectivity index (χ0) is 15.9. The number of nitrogens with zero attached hydrogens (tertiary/aromatic N) is 3. The second kappa shape index (κ2) is 7.16. The highest BCUT2D eigenvalue weighted by Gasteiger charge is 2.10. The minimum atomic E-state index is -0.473. The summed E-state index contributed by atoms with van der Waals surface area (Å²) in [6.45, 7) is 2.47. The van der Waals surface area contributed by atoms with Crippen molar-refractivity contribution >= 4 is 17.7 Å². The molecule has 0 saturated carbocycles. The van der Waals surface area contributed by atoms with E-state index < -0.39 is 4.92 Å². The molecule has 1 atom stereocenters. The smallest absolute Gasteiger partial charge is 0.276 e. The summed E-state index contributed by atoms with van der Waals surface area (Å²) in [6.07, 6.45) is 7.89. The highest BCUT2D eigenvalue weighted by molar-refractivity contribution is 5.92. The minimum Gasteiger partial charge on any atom is -0.348 e. The molecule has 1 heterocycles. The van der Waals surface area contributed by atoms with Gasteiger partial charge in [0.2, 0.25) is 5.91 Å². The van der Waals surface area contributed by atoms with Crippen LogP contribution in [0.1, 0.15) is 12.5 Å². The molecule has 114 valence electrons. The lowest BCUT2D eigenvalue weighted by Gasteiger charge is -2.12. The summed E-state index contributed by atoms with van der Waals surface area (Å²) in [6, 6.07) is 6.18. The number of nitro benzene ring substituents is 1. The minimum absolute atomic E-state index is 0.0296. The van der Waals surface area contributed by atoms with Crippen LogP contribution in [0.5, 0.6) is 0 Å². The summed E-state index contributed by atoms with van der Waals surface area (Å²) in [5, 5.41) is 13.7. The van der Waals surface area contributed by atoms with Crippen molar-refractivity contribution in [2.24, 2.45) is 0 Å². The fourth-order valence-electron chi connectivity index (χ4n) is 2.01. The zero-order valence-corrected chi connectivity index (χ0v) is 12.0. The van der Waals surface area contributed by atoms with Crippen LogP contribution in [0.25, 0.3) is 6.08 Å².